The van der Waals surface area contributed by atoms with E-state index in [0.29, 0.717) is 25.5 Å². The molecule has 0 aliphatic heterocycles. The summed E-state index contributed by atoms with van der Waals surface area (Å²) in [5, 5.41) is 2.71. The van der Waals surface area contributed by atoms with Crippen LogP contribution in [-0.2, 0) is 4.74 Å². The molecule has 3 N–H and O–H groups in total. The van der Waals surface area contributed by atoms with Gasteiger partial charge in [0, 0.05) is 24.6 Å². The highest BCUT2D eigenvalue weighted by Gasteiger charge is 2.32. The summed E-state index contributed by atoms with van der Waals surface area (Å²) in [4.78, 5) is 12.1. The predicted octanol–water partition coefficient (Wildman–Crippen LogP) is 3.76. The van der Waals surface area contributed by atoms with Crippen molar-refractivity contribution in [2.24, 2.45) is 5.73 Å². The van der Waals surface area contributed by atoms with Gasteiger partial charge in [-0.25, -0.2) is 18.0 Å². The number of nitrogens with one attached hydrogen (secondary N) is 1. The Bertz CT molecular complexity index is 684. The van der Waals surface area contributed by atoms with E-state index in [2.05, 4.69) is 5.32 Å². The van der Waals surface area contributed by atoms with E-state index in [1.807, 2.05) is 6.08 Å². The van der Waals surface area contributed by atoms with Crippen LogP contribution in [0.3, 0.4) is 0 Å². The number of halogens is 3. The number of ether oxygens (including phenoxy) is 1. The summed E-state index contributed by atoms with van der Waals surface area (Å²) < 4.78 is 46.2. The fourth-order valence-corrected chi connectivity index (χ4v) is 2.91. The number of benzene rings is 1. The number of alkyl carbamates (subject to hydrolysis) is 1. The number of carbonyl (C=O) groups is 1. The Kier molecular flexibility index (Phi) is 5.77. The van der Waals surface area contributed by atoms with E-state index in [9.17, 15) is 18.0 Å². The van der Waals surface area contributed by atoms with Crippen LogP contribution in [0.2, 0.25) is 0 Å². The van der Waals surface area contributed by atoms with Crippen molar-refractivity contribution in [2.75, 3.05) is 6.54 Å². The average Bonchev–Trinajstić information content (AvgIpc) is 2.49. The molecule has 0 heterocycles. The maximum Gasteiger partial charge on any atom is 0.407 e. The minimum atomic E-state index is -1.24. The molecule has 25 heavy (non-hydrogen) atoms. The summed E-state index contributed by atoms with van der Waals surface area (Å²) in [5.74, 6) is -3.75. The van der Waals surface area contributed by atoms with Gasteiger partial charge in [-0.05, 0) is 45.2 Å². The van der Waals surface area contributed by atoms with Crippen molar-refractivity contribution in [2.45, 2.75) is 51.2 Å². The van der Waals surface area contributed by atoms with Crippen LogP contribution in [0.15, 0.2) is 23.8 Å². The van der Waals surface area contributed by atoms with Crippen LogP contribution in [0.25, 0.3) is 0 Å². The Hall–Kier alpha value is -2.02. The minimum Gasteiger partial charge on any atom is -0.444 e. The van der Waals surface area contributed by atoms with Crippen molar-refractivity contribution in [1.29, 1.82) is 0 Å². The average molecular weight is 356 g/mol. The Morgan fingerprint density at radius 1 is 1.24 bits per heavy atom. The Morgan fingerprint density at radius 2 is 1.88 bits per heavy atom. The minimum absolute atomic E-state index is 0.0206. The number of amides is 1. The first-order valence-electron chi connectivity index (χ1n) is 8.12. The topological polar surface area (TPSA) is 64.3 Å². The lowest BCUT2D eigenvalue weighted by atomic mass is 9.80. The largest absolute Gasteiger partial charge is 0.444 e. The zero-order chi connectivity index (χ0) is 18.8. The van der Waals surface area contributed by atoms with Crippen LogP contribution in [-0.4, -0.2) is 24.3 Å². The molecule has 7 heteroatoms. The van der Waals surface area contributed by atoms with Gasteiger partial charge in [0.05, 0.1) is 0 Å². The SMILES string of the molecule is CC(C)(C)OC(=O)N[C@H]1CC(CN)=CC[C@@H]1c1cc(F)c(F)cc1F. The second-order valence-electron chi connectivity index (χ2n) is 7.15. The van der Waals surface area contributed by atoms with Gasteiger partial charge in [0.15, 0.2) is 11.6 Å². The van der Waals surface area contributed by atoms with Gasteiger partial charge in [0.25, 0.3) is 0 Å². The maximum atomic E-state index is 14.2. The number of hydrogen-bond acceptors (Lipinski definition) is 3. The smallest absolute Gasteiger partial charge is 0.407 e. The van der Waals surface area contributed by atoms with Crippen molar-refractivity contribution in [3.63, 3.8) is 0 Å². The van der Waals surface area contributed by atoms with Gasteiger partial charge in [0.2, 0.25) is 0 Å². The molecule has 1 aliphatic rings. The van der Waals surface area contributed by atoms with Gasteiger partial charge in [0.1, 0.15) is 11.4 Å². The zero-order valence-electron chi connectivity index (χ0n) is 14.5. The van der Waals surface area contributed by atoms with Crippen LogP contribution in [0.4, 0.5) is 18.0 Å². The van der Waals surface area contributed by atoms with Gasteiger partial charge < -0.3 is 15.8 Å². The highest BCUT2D eigenvalue weighted by molar-refractivity contribution is 5.68. The first-order chi connectivity index (χ1) is 11.6. The van der Waals surface area contributed by atoms with Crippen molar-refractivity contribution >= 4 is 6.09 Å². The molecule has 0 fully saturated rings. The van der Waals surface area contributed by atoms with E-state index < -0.39 is 41.1 Å². The zero-order valence-corrected chi connectivity index (χ0v) is 14.5. The number of hydrogen-bond donors (Lipinski definition) is 2. The molecular weight excluding hydrogens is 333 g/mol. The first-order valence-corrected chi connectivity index (χ1v) is 8.12. The molecule has 0 spiro atoms. The van der Waals surface area contributed by atoms with Gasteiger partial charge in [-0.3, -0.25) is 0 Å². The summed E-state index contributed by atoms with van der Waals surface area (Å²) in [5.41, 5.74) is 5.90. The lowest BCUT2D eigenvalue weighted by molar-refractivity contribution is 0.0494. The molecule has 0 unspecified atom stereocenters. The Morgan fingerprint density at radius 3 is 2.48 bits per heavy atom. The van der Waals surface area contributed by atoms with E-state index in [4.69, 9.17) is 10.5 Å². The monoisotopic (exact) mass is 356 g/mol. The molecule has 0 bridgehead atoms. The fourth-order valence-electron chi connectivity index (χ4n) is 2.91. The second-order valence-corrected chi connectivity index (χ2v) is 7.15. The third-order valence-electron chi connectivity index (χ3n) is 4.03. The Labute approximate surface area is 145 Å². The molecule has 0 aromatic heterocycles. The predicted molar refractivity (Wildman–Crippen MR) is 88.6 cm³/mol. The molecule has 2 atom stereocenters. The summed E-state index contributed by atoms with van der Waals surface area (Å²) in [6, 6.07) is 0.843. The highest BCUT2D eigenvalue weighted by atomic mass is 19.2. The molecule has 2 rings (SSSR count). The molecular formula is C18H23F3N2O2. The van der Waals surface area contributed by atoms with Gasteiger partial charge in [-0.1, -0.05) is 11.6 Å². The fraction of sp³-hybridized carbons (Fsp3) is 0.500. The molecule has 1 aromatic carbocycles. The second kappa shape index (κ2) is 7.47. The third-order valence-corrected chi connectivity index (χ3v) is 4.03. The van der Waals surface area contributed by atoms with E-state index >= 15 is 0 Å². The molecule has 4 nitrogen and oxygen atoms in total. The summed E-state index contributed by atoms with van der Waals surface area (Å²) in [6.45, 7) is 5.49. The van der Waals surface area contributed by atoms with Crippen LogP contribution in [0, 0.1) is 17.5 Å². The maximum absolute atomic E-state index is 14.2. The molecule has 1 aliphatic carbocycles. The standard InChI is InChI=1S/C18H23F3N2O2/c1-18(2,3)25-17(24)23-16-6-10(9-22)4-5-11(16)12-7-14(20)15(21)8-13(12)19/h4,7-8,11,16H,5-6,9,22H2,1-3H3,(H,23,24)/t11-,16+/m1/s1. The normalized spacial score (nSPS) is 20.8. The first kappa shape index (κ1) is 19.3. The van der Waals surface area contributed by atoms with Crippen LogP contribution >= 0.6 is 0 Å². The van der Waals surface area contributed by atoms with E-state index in [1.165, 1.54) is 0 Å². The van der Waals surface area contributed by atoms with Crippen molar-refractivity contribution in [3.05, 3.63) is 46.8 Å². The summed E-state index contributed by atoms with van der Waals surface area (Å²) >= 11 is 0. The molecule has 0 saturated heterocycles. The lowest BCUT2D eigenvalue weighted by Crippen LogP contribution is -2.44. The molecule has 138 valence electrons. The van der Waals surface area contributed by atoms with E-state index in [-0.39, 0.29) is 5.56 Å². The number of nitrogens with two attached hydrogens (primary N) is 1. The van der Waals surface area contributed by atoms with E-state index in [0.717, 1.165) is 11.6 Å². The highest BCUT2D eigenvalue weighted by Crippen LogP contribution is 2.34. The summed E-state index contributed by atoms with van der Waals surface area (Å²) in [6.07, 6.45) is 1.94. The van der Waals surface area contributed by atoms with Crippen molar-refractivity contribution in [3.8, 4) is 0 Å². The molecule has 0 saturated carbocycles. The molecule has 1 amide bonds. The van der Waals surface area contributed by atoms with Crippen LogP contribution in [0.5, 0.6) is 0 Å². The van der Waals surface area contributed by atoms with Crippen LogP contribution in [0.1, 0.15) is 45.1 Å². The lowest BCUT2D eigenvalue weighted by Gasteiger charge is -2.33. The van der Waals surface area contributed by atoms with Gasteiger partial charge >= 0.3 is 6.09 Å². The van der Waals surface area contributed by atoms with Crippen molar-refractivity contribution < 1.29 is 22.7 Å². The third kappa shape index (κ3) is 4.98. The Balaban J connectivity index is 2.29. The van der Waals surface area contributed by atoms with Crippen LogP contribution < -0.4 is 11.1 Å². The quantitative estimate of drug-likeness (QED) is 0.640. The number of carbonyl (C=O) groups excluding carboxylic acids is 1. The summed E-state index contributed by atoms with van der Waals surface area (Å²) in [7, 11) is 0. The van der Waals surface area contributed by atoms with Gasteiger partial charge in [-0.2, -0.15) is 0 Å². The number of allylic oxidation sites excluding steroid dienone is 1. The molecule has 1 aromatic rings. The molecule has 0 radical (unpaired) electrons. The van der Waals surface area contributed by atoms with Gasteiger partial charge in [-0.15, -0.1) is 0 Å². The number of rotatable bonds is 3. The van der Waals surface area contributed by atoms with E-state index in [1.54, 1.807) is 20.8 Å². The van der Waals surface area contributed by atoms with Crippen molar-refractivity contribution in [1.82, 2.24) is 5.32 Å².